The van der Waals surface area contributed by atoms with Crippen molar-refractivity contribution in [3.8, 4) is 0 Å². The number of piperazine rings is 1. The Hall–Kier alpha value is -2.72. The van der Waals surface area contributed by atoms with Crippen molar-refractivity contribution in [3.63, 3.8) is 0 Å². The molecule has 2 saturated heterocycles. The van der Waals surface area contributed by atoms with E-state index in [1.807, 2.05) is 13.8 Å². The summed E-state index contributed by atoms with van der Waals surface area (Å²) in [7, 11) is 3.31. The zero-order chi connectivity index (χ0) is 24.1. The van der Waals surface area contributed by atoms with Crippen molar-refractivity contribution < 1.29 is 23.5 Å². The molecule has 1 unspecified atom stereocenters. The third-order valence-electron chi connectivity index (χ3n) is 6.40. The second-order valence-corrected chi connectivity index (χ2v) is 8.69. The lowest BCUT2D eigenvalue weighted by atomic mass is 9.92. The van der Waals surface area contributed by atoms with E-state index in [0.29, 0.717) is 19.6 Å². The lowest BCUT2D eigenvalue weighted by molar-refractivity contribution is -0.190. The first-order valence-electron chi connectivity index (χ1n) is 11.4. The van der Waals surface area contributed by atoms with Crippen LogP contribution in [0.15, 0.2) is 24.3 Å². The first-order chi connectivity index (χ1) is 15.8. The molecular formula is C23H34FN5O4. The predicted molar refractivity (Wildman–Crippen MR) is 120 cm³/mol. The Balaban J connectivity index is 1.84. The molecule has 9 nitrogen and oxygen atoms in total. The molecule has 3 atom stereocenters. The minimum atomic E-state index is -0.620. The molecule has 1 aromatic rings. The highest BCUT2D eigenvalue weighted by Gasteiger charge is 2.51. The summed E-state index contributed by atoms with van der Waals surface area (Å²) in [4.78, 5) is 43.0. The number of hydrogen-bond donors (Lipinski definition) is 1. The van der Waals surface area contributed by atoms with Crippen LogP contribution in [0.25, 0.3) is 0 Å². The van der Waals surface area contributed by atoms with Crippen LogP contribution in [-0.4, -0.2) is 90.3 Å². The average Bonchev–Trinajstić information content (AvgIpc) is 2.79. The molecule has 182 valence electrons. The Morgan fingerprint density at radius 3 is 2.61 bits per heavy atom. The molecule has 0 saturated carbocycles. The summed E-state index contributed by atoms with van der Waals surface area (Å²) in [6.07, 6.45) is 0.789. The third kappa shape index (κ3) is 5.44. The molecule has 4 amide bonds. The summed E-state index contributed by atoms with van der Waals surface area (Å²) in [6, 6.07) is 4.91. The van der Waals surface area contributed by atoms with Crippen molar-refractivity contribution in [2.24, 2.45) is 5.92 Å². The zero-order valence-corrected chi connectivity index (χ0v) is 19.8. The molecule has 0 radical (unpaired) electrons. The normalized spacial score (nSPS) is 22.4. The van der Waals surface area contributed by atoms with Crippen LogP contribution in [0.5, 0.6) is 0 Å². The molecular weight excluding hydrogens is 429 g/mol. The van der Waals surface area contributed by atoms with Crippen LogP contribution in [0.3, 0.4) is 0 Å². The maximum Gasteiger partial charge on any atom is 0.334 e. The van der Waals surface area contributed by atoms with Crippen molar-refractivity contribution in [2.45, 2.75) is 45.4 Å². The summed E-state index contributed by atoms with van der Waals surface area (Å²) in [5.41, 5.74) is 0.759. The number of carbonyl (C=O) groups is 3. The summed E-state index contributed by atoms with van der Waals surface area (Å²) in [5, 5.41) is 5.99. The van der Waals surface area contributed by atoms with Gasteiger partial charge in [-0.2, -0.15) is 0 Å². The van der Waals surface area contributed by atoms with Crippen LogP contribution in [0, 0.1) is 11.7 Å². The van der Waals surface area contributed by atoms with Crippen LogP contribution in [0.2, 0.25) is 0 Å². The van der Waals surface area contributed by atoms with E-state index in [1.54, 1.807) is 41.1 Å². The van der Waals surface area contributed by atoms with Gasteiger partial charge in [-0.05, 0) is 30.0 Å². The Morgan fingerprint density at radius 2 is 1.97 bits per heavy atom. The maximum absolute atomic E-state index is 13.3. The summed E-state index contributed by atoms with van der Waals surface area (Å²) >= 11 is 0. The molecule has 3 rings (SSSR count). The largest absolute Gasteiger partial charge is 0.385 e. The number of rotatable bonds is 8. The number of amides is 4. The molecule has 2 aliphatic rings. The Morgan fingerprint density at radius 1 is 1.27 bits per heavy atom. The number of methoxy groups -OCH3 is 1. The number of ether oxygens (including phenoxy) is 1. The number of hydrogen-bond acceptors (Lipinski definition) is 5. The number of nitrogens with one attached hydrogen (secondary N) is 1. The van der Waals surface area contributed by atoms with Crippen LogP contribution in [-0.2, 0) is 20.9 Å². The highest BCUT2D eigenvalue weighted by atomic mass is 19.1. The van der Waals surface area contributed by atoms with Gasteiger partial charge in [-0.25, -0.2) is 19.2 Å². The first kappa shape index (κ1) is 24.9. The van der Waals surface area contributed by atoms with Crippen molar-refractivity contribution >= 4 is 17.8 Å². The topological polar surface area (TPSA) is 85.4 Å². The van der Waals surface area contributed by atoms with Gasteiger partial charge in [0.2, 0.25) is 11.8 Å². The van der Waals surface area contributed by atoms with Crippen LogP contribution in [0.1, 0.15) is 32.3 Å². The van der Waals surface area contributed by atoms with Crippen molar-refractivity contribution in [2.75, 3.05) is 40.4 Å². The SMILES string of the molecule is CCC(C)[C@H]1C(=O)N(CCCOC)C[C@H]2N1C(=O)CN(C)N2C(=O)NCc1ccc(F)cc1. The van der Waals surface area contributed by atoms with Crippen LogP contribution in [0.4, 0.5) is 9.18 Å². The molecule has 10 heteroatoms. The van der Waals surface area contributed by atoms with Crippen molar-refractivity contribution in [1.29, 1.82) is 0 Å². The quantitative estimate of drug-likeness (QED) is 0.593. The molecule has 33 heavy (non-hydrogen) atoms. The van der Waals surface area contributed by atoms with Crippen molar-refractivity contribution in [1.82, 2.24) is 25.1 Å². The Kier molecular flexibility index (Phi) is 8.25. The average molecular weight is 464 g/mol. The van der Waals surface area contributed by atoms with E-state index in [4.69, 9.17) is 4.74 Å². The predicted octanol–water partition coefficient (Wildman–Crippen LogP) is 1.65. The maximum atomic E-state index is 13.3. The van der Waals surface area contributed by atoms with E-state index in [0.717, 1.165) is 12.0 Å². The van der Waals surface area contributed by atoms with Gasteiger partial charge in [0.25, 0.3) is 0 Å². The third-order valence-corrected chi connectivity index (χ3v) is 6.40. The molecule has 1 N–H and O–H groups in total. The number of likely N-dealkylation sites (N-methyl/N-ethyl adjacent to an activating group) is 1. The summed E-state index contributed by atoms with van der Waals surface area (Å²) in [5.74, 6) is -0.644. The number of benzene rings is 1. The molecule has 2 aliphatic heterocycles. The van der Waals surface area contributed by atoms with E-state index in [1.165, 1.54) is 17.1 Å². The number of carbonyl (C=O) groups excluding carboxylic acids is 3. The molecule has 2 heterocycles. The van der Waals surface area contributed by atoms with Gasteiger partial charge in [0.1, 0.15) is 18.0 Å². The fourth-order valence-electron chi connectivity index (χ4n) is 4.46. The molecule has 2 fully saturated rings. The lowest BCUT2D eigenvalue weighted by Gasteiger charge is -2.55. The van der Waals surface area contributed by atoms with Crippen LogP contribution >= 0.6 is 0 Å². The molecule has 1 aromatic carbocycles. The minimum Gasteiger partial charge on any atom is -0.385 e. The Bertz CT molecular complexity index is 852. The number of halogens is 1. The second kappa shape index (κ2) is 10.9. The number of nitrogens with zero attached hydrogens (tertiary/aromatic N) is 4. The van der Waals surface area contributed by atoms with Gasteiger partial charge in [-0.3, -0.25) is 9.59 Å². The number of hydrazine groups is 1. The Labute approximate surface area is 194 Å². The van der Waals surface area contributed by atoms with Gasteiger partial charge < -0.3 is 19.9 Å². The highest BCUT2D eigenvalue weighted by Crippen LogP contribution is 2.30. The standard InChI is InChI=1S/C23H34FN5O4/c1-5-16(2)21-22(31)27(11-6-12-33-4)14-19-28(21)20(30)15-26(3)29(19)23(32)25-13-17-7-9-18(24)10-8-17/h7-10,16,19,21H,5-6,11-15H2,1-4H3,(H,25,32)/t16?,19-,21-/m0/s1. The van der Waals surface area contributed by atoms with E-state index in [-0.39, 0.29) is 49.2 Å². The van der Waals surface area contributed by atoms with Gasteiger partial charge in [0.15, 0.2) is 0 Å². The van der Waals surface area contributed by atoms with E-state index < -0.39 is 12.2 Å². The minimum absolute atomic E-state index is 0.00432. The van der Waals surface area contributed by atoms with Gasteiger partial charge in [-0.1, -0.05) is 32.4 Å². The summed E-state index contributed by atoms with van der Waals surface area (Å²) < 4.78 is 18.3. The van der Waals surface area contributed by atoms with Crippen molar-refractivity contribution in [3.05, 3.63) is 35.6 Å². The van der Waals surface area contributed by atoms with E-state index in [2.05, 4.69) is 5.32 Å². The zero-order valence-electron chi connectivity index (χ0n) is 19.8. The smallest absolute Gasteiger partial charge is 0.334 e. The van der Waals surface area contributed by atoms with Crippen LogP contribution < -0.4 is 5.32 Å². The number of urea groups is 1. The first-order valence-corrected chi connectivity index (χ1v) is 11.4. The van der Waals surface area contributed by atoms with Gasteiger partial charge in [-0.15, -0.1) is 0 Å². The number of fused-ring (bicyclic) bond motifs is 1. The van der Waals surface area contributed by atoms with E-state index >= 15 is 0 Å². The lowest BCUT2D eigenvalue weighted by Crippen LogP contribution is -2.76. The molecule has 0 bridgehead atoms. The monoisotopic (exact) mass is 463 g/mol. The fourth-order valence-corrected chi connectivity index (χ4v) is 4.46. The second-order valence-electron chi connectivity index (χ2n) is 8.69. The molecule has 0 spiro atoms. The van der Waals surface area contributed by atoms with Gasteiger partial charge >= 0.3 is 6.03 Å². The summed E-state index contributed by atoms with van der Waals surface area (Å²) in [6.45, 7) is 5.42. The fraction of sp³-hybridized carbons (Fsp3) is 0.609. The van der Waals surface area contributed by atoms with E-state index in [9.17, 15) is 18.8 Å². The molecule has 0 aliphatic carbocycles. The van der Waals surface area contributed by atoms with Gasteiger partial charge in [0, 0.05) is 33.9 Å². The molecule has 0 aromatic heterocycles. The highest BCUT2D eigenvalue weighted by molar-refractivity contribution is 5.91. The van der Waals surface area contributed by atoms with Gasteiger partial charge in [0.05, 0.1) is 13.1 Å².